The Hall–Kier alpha value is -1.90. The van der Waals surface area contributed by atoms with Crippen LogP contribution in [-0.2, 0) is 26.4 Å². The Labute approximate surface area is 192 Å². The SMILES string of the molecule is CCC1CC(NC(=O)c2cc(C(F)(F)F)ccc2NS(=O)(=O)N(C)C)CC(C)N1S(C)(=O)=O. The van der Waals surface area contributed by atoms with E-state index >= 15 is 0 Å². The van der Waals surface area contributed by atoms with Crippen molar-refractivity contribution in [2.24, 2.45) is 0 Å². The van der Waals surface area contributed by atoms with E-state index in [0.717, 1.165) is 16.6 Å². The van der Waals surface area contributed by atoms with E-state index in [4.69, 9.17) is 0 Å². The second kappa shape index (κ2) is 9.76. The summed E-state index contributed by atoms with van der Waals surface area (Å²) in [6.07, 6.45) is -2.61. The molecule has 0 bridgehead atoms. The summed E-state index contributed by atoms with van der Waals surface area (Å²) in [6, 6.07) is 0.838. The average molecular weight is 515 g/mol. The Balaban J connectivity index is 2.37. The van der Waals surface area contributed by atoms with Gasteiger partial charge in [-0.1, -0.05) is 6.92 Å². The molecule has 0 aromatic heterocycles. The highest BCUT2D eigenvalue weighted by Crippen LogP contribution is 2.33. The second-order valence-electron chi connectivity index (χ2n) is 8.29. The van der Waals surface area contributed by atoms with Gasteiger partial charge in [-0.25, -0.2) is 8.42 Å². The van der Waals surface area contributed by atoms with Crippen molar-refractivity contribution in [2.45, 2.75) is 57.4 Å². The third-order valence-corrected chi connectivity index (χ3v) is 8.34. The number of anilines is 1. The molecule has 1 aliphatic rings. The van der Waals surface area contributed by atoms with Crippen molar-refractivity contribution in [2.75, 3.05) is 25.1 Å². The number of benzene rings is 1. The summed E-state index contributed by atoms with van der Waals surface area (Å²) >= 11 is 0. The van der Waals surface area contributed by atoms with Crippen LogP contribution in [0.5, 0.6) is 0 Å². The van der Waals surface area contributed by atoms with Crippen molar-refractivity contribution in [1.29, 1.82) is 0 Å². The molecule has 1 fully saturated rings. The number of hydrogen-bond acceptors (Lipinski definition) is 5. The maximum atomic E-state index is 13.2. The predicted molar refractivity (Wildman–Crippen MR) is 118 cm³/mol. The lowest BCUT2D eigenvalue weighted by atomic mass is 9.92. The number of alkyl halides is 3. The molecule has 14 heteroatoms. The maximum Gasteiger partial charge on any atom is 0.416 e. The van der Waals surface area contributed by atoms with Gasteiger partial charge in [0.15, 0.2) is 0 Å². The topological polar surface area (TPSA) is 116 Å². The Morgan fingerprint density at radius 2 is 1.79 bits per heavy atom. The van der Waals surface area contributed by atoms with E-state index in [9.17, 15) is 34.8 Å². The van der Waals surface area contributed by atoms with Gasteiger partial charge in [-0.3, -0.25) is 9.52 Å². The van der Waals surface area contributed by atoms with Crippen LogP contribution < -0.4 is 10.0 Å². The van der Waals surface area contributed by atoms with Gasteiger partial charge in [0, 0.05) is 32.2 Å². The molecule has 1 amide bonds. The fourth-order valence-electron chi connectivity index (χ4n) is 3.96. The largest absolute Gasteiger partial charge is 0.416 e. The minimum atomic E-state index is -4.74. The van der Waals surface area contributed by atoms with Gasteiger partial charge in [0.25, 0.3) is 5.91 Å². The van der Waals surface area contributed by atoms with Crippen LogP contribution in [0, 0.1) is 0 Å². The van der Waals surface area contributed by atoms with E-state index < -0.39 is 55.5 Å². The Morgan fingerprint density at radius 3 is 2.27 bits per heavy atom. The molecule has 0 radical (unpaired) electrons. The third kappa shape index (κ3) is 6.58. The van der Waals surface area contributed by atoms with Crippen LogP contribution in [0.1, 0.15) is 49.0 Å². The molecule has 0 saturated carbocycles. The number of amides is 1. The smallest absolute Gasteiger partial charge is 0.349 e. The van der Waals surface area contributed by atoms with Gasteiger partial charge < -0.3 is 5.32 Å². The summed E-state index contributed by atoms with van der Waals surface area (Å²) in [5, 5.41) is 2.66. The summed E-state index contributed by atoms with van der Waals surface area (Å²) in [5.41, 5.74) is -1.89. The van der Waals surface area contributed by atoms with Crippen molar-refractivity contribution < 1.29 is 34.8 Å². The lowest BCUT2D eigenvalue weighted by Crippen LogP contribution is -2.55. The highest BCUT2D eigenvalue weighted by molar-refractivity contribution is 7.90. The fourth-order valence-corrected chi connectivity index (χ4v) is 6.11. The van der Waals surface area contributed by atoms with Crippen molar-refractivity contribution in [3.8, 4) is 0 Å². The van der Waals surface area contributed by atoms with Crippen LogP contribution in [0.4, 0.5) is 18.9 Å². The quantitative estimate of drug-likeness (QED) is 0.579. The minimum Gasteiger partial charge on any atom is -0.349 e. The van der Waals surface area contributed by atoms with E-state index in [2.05, 4.69) is 10.0 Å². The molecule has 1 saturated heterocycles. The predicted octanol–water partition coefficient (Wildman–Crippen LogP) is 2.24. The van der Waals surface area contributed by atoms with Crippen molar-refractivity contribution in [3.05, 3.63) is 29.3 Å². The molecule has 188 valence electrons. The van der Waals surface area contributed by atoms with Gasteiger partial charge in [-0.05, 0) is 44.4 Å². The highest BCUT2D eigenvalue weighted by atomic mass is 32.2. The number of nitrogens with zero attached hydrogens (tertiary/aromatic N) is 2. The molecule has 1 heterocycles. The lowest BCUT2D eigenvalue weighted by molar-refractivity contribution is -0.137. The normalized spacial score (nSPS) is 22.9. The van der Waals surface area contributed by atoms with Crippen molar-refractivity contribution >= 4 is 31.8 Å². The van der Waals surface area contributed by atoms with E-state index in [-0.39, 0.29) is 24.6 Å². The van der Waals surface area contributed by atoms with E-state index in [0.29, 0.717) is 18.6 Å². The lowest BCUT2D eigenvalue weighted by Gasteiger charge is -2.42. The van der Waals surface area contributed by atoms with Crippen LogP contribution >= 0.6 is 0 Å². The molecule has 1 aromatic carbocycles. The number of piperidine rings is 1. The number of rotatable bonds is 7. The average Bonchev–Trinajstić information content (AvgIpc) is 2.65. The monoisotopic (exact) mass is 514 g/mol. The van der Waals surface area contributed by atoms with E-state index in [1.807, 2.05) is 0 Å². The van der Waals surface area contributed by atoms with Gasteiger partial charge in [0.05, 0.1) is 23.1 Å². The highest BCUT2D eigenvalue weighted by Gasteiger charge is 2.39. The summed E-state index contributed by atoms with van der Waals surface area (Å²) in [5.74, 6) is -0.891. The second-order valence-corrected chi connectivity index (χ2v) is 12.1. The standard InChI is InChI=1S/C19H29F3N4O5S2/c1-6-15-11-14(9-12(2)26(15)32(5,28)29)23-18(27)16-10-13(19(20,21)22)7-8-17(16)24-33(30,31)25(3)4/h7-8,10,12,14-15,24H,6,9,11H2,1-5H3,(H,23,27). The molecule has 2 N–H and O–H groups in total. The zero-order valence-corrected chi connectivity index (χ0v) is 20.6. The van der Waals surface area contributed by atoms with Crippen LogP contribution in [0.2, 0.25) is 0 Å². The van der Waals surface area contributed by atoms with Gasteiger partial charge in [0.1, 0.15) is 0 Å². The number of sulfonamides is 1. The summed E-state index contributed by atoms with van der Waals surface area (Å²) in [4.78, 5) is 13.0. The van der Waals surface area contributed by atoms with Crippen LogP contribution in [0.3, 0.4) is 0 Å². The van der Waals surface area contributed by atoms with Crippen LogP contribution in [0.15, 0.2) is 18.2 Å². The third-order valence-electron chi connectivity index (χ3n) is 5.48. The van der Waals surface area contributed by atoms with Crippen molar-refractivity contribution in [1.82, 2.24) is 13.9 Å². The van der Waals surface area contributed by atoms with Crippen molar-refractivity contribution in [3.63, 3.8) is 0 Å². The molecule has 1 aromatic rings. The summed E-state index contributed by atoms with van der Waals surface area (Å²) < 4.78 is 92.8. The first-order valence-corrected chi connectivity index (χ1v) is 13.5. The Bertz CT molecular complexity index is 1090. The minimum absolute atomic E-state index is 0.257. The summed E-state index contributed by atoms with van der Waals surface area (Å²) in [7, 11) is -5.11. The molecule has 2 rings (SSSR count). The van der Waals surface area contributed by atoms with Gasteiger partial charge in [0.2, 0.25) is 10.0 Å². The van der Waals surface area contributed by atoms with Gasteiger partial charge in [-0.15, -0.1) is 0 Å². The summed E-state index contributed by atoms with van der Waals surface area (Å²) in [6.45, 7) is 3.50. The number of carbonyl (C=O) groups excluding carboxylic acids is 1. The molecular weight excluding hydrogens is 485 g/mol. The first-order valence-electron chi connectivity index (χ1n) is 10.2. The molecule has 3 unspecified atom stereocenters. The molecule has 9 nitrogen and oxygen atoms in total. The maximum absolute atomic E-state index is 13.2. The Kier molecular flexibility index (Phi) is 8.09. The van der Waals surface area contributed by atoms with Crippen LogP contribution in [-0.4, -0.2) is 69.8 Å². The Morgan fingerprint density at radius 1 is 1.18 bits per heavy atom. The van der Waals surface area contributed by atoms with E-state index in [1.54, 1.807) is 13.8 Å². The molecule has 3 atom stereocenters. The van der Waals surface area contributed by atoms with Gasteiger partial charge in [-0.2, -0.15) is 30.2 Å². The van der Waals surface area contributed by atoms with E-state index in [1.165, 1.54) is 18.4 Å². The molecule has 0 aliphatic carbocycles. The number of halogens is 3. The molecule has 33 heavy (non-hydrogen) atoms. The first kappa shape index (κ1) is 27.3. The first-order chi connectivity index (χ1) is 15.0. The number of nitrogens with one attached hydrogen (secondary N) is 2. The molecular formula is C19H29F3N4O5S2. The molecule has 1 aliphatic heterocycles. The number of hydrogen-bond donors (Lipinski definition) is 2. The van der Waals surface area contributed by atoms with Crippen LogP contribution in [0.25, 0.3) is 0 Å². The molecule has 0 spiro atoms. The fraction of sp³-hybridized carbons (Fsp3) is 0.632. The number of carbonyl (C=O) groups is 1. The van der Waals surface area contributed by atoms with Gasteiger partial charge >= 0.3 is 16.4 Å². The zero-order valence-electron chi connectivity index (χ0n) is 19.0. The zero-order chi connectivity index (χ0) is 25.4.